The van der Waals surface area contributed by atoms with Gasteiger partial charge < -0.3 is 14.6 Å². The van der Waals surface area contributed by atoms with E-state index in [-0.39, 0.29) is 12.6 Å². The zero-order valence-corrected chi connectivity index (χ0v) is 40.6. The molecule has 59 heavy (non-hydrogen) atoms. The summed E-state index contributed by atoms with van der Waals surface area (Å²) >= 11 is 0. The van der Waals surface area contributed by atoms with Gasteiger partial charge >= 0.3 is 5.97 Å². The van der Waals surface area contributed by atoms with Gasteiger partial charge in [-0.15, -0.1) is 0 Å². The van der Waals surface area contributed by atoms with E-state index in [0.29, 0.717) is 19.6 Å². The Labute approximate surface area is 371 Å². The maximum atomic E-state index is 12.3. The number of aliphatic hydroxyl groups excluding tert-OH is 1. The molecule has 352 valence electrons. The second-order valence-corrected chi connectivity index (χ2v) is 18.7. The molecule has 4 nitrogen and oxygen atoms in total. The first kappa shape index (κ1) is 58.1. The van der Waals surface area contributed by atoms with E-state index in [4.69, 9.17) is 9.47 Å². The molecule has 0 fully saturated rings. The molecule has 0 amide bonds. The van der Waals surface area contributed by atoms with Crippen LogP contribution >= 0.6 is 0 Å². The lowest BCUT2D eigenvalue weighted by atomic mass is 10.0. The molecule has 0 aliphatic carbocycles. The zero-order valence-electron chi connectivity index (χ0n) is 40.6. The van der Waals surface area contributed by atoms with Gasteiger partial charge in [0.1, 0.15) is 6.10 Å². The van der Waals surface area contributed by atoms with Crippen LogP contribution in [0.25, 0.3) is 0 Å². The lowest BCUT2D eigenvalue weighted by molar-refractivity contribution is -0.154. The molecule has 0 rings (SSSR count). The van der Waals surface area contributed by atoms with Gasteiger partial charge in [-0.2, -0.15) is 0 Å². The Kier molecular flexibility index (Phi) is 52.5. The standard InChI is InChI=1S/C55H108O4/c1-3-5-7-9-11-13-15-17-19-21-23-25-26-27-28-29-31-33-35-37-39-41-43-45-47-49-51-58-53-54(52-56)59-55(57)50-48-46-44-42-40-38-36-34-32-30-24-22-20-18-16-14-12-10-8-6-4-2/h22,24,54,56H,3-21,23,25-53H2,1-2H3/b24-22-. The molecule has 0 spiro atoms. The van der Waals surface area contributed by atoms with E-state index in [1.807, 2.05) is 0 Å². The zero-order chi connectivity index (χ0) is 42.6. The molecule has 0 aliphatic rings. The van der Waals surface area contributed by atoms with Gasteiger partial charge in [0.25, 0.3) is 0 Å². The van der Waals surface area contributed by atoms with Crippen molar-refractivity contribution in [2.75, 3.05) is 19.8 Å². The molecule has 1 atom stereocenters. The molecule has 0 saturated carbocycles. The third-order valence-electron chi connectivity index (χ3n) is 12.6. The maximum Gasteiger partial charge on any atom is 0.306 e. The second kappa shape index (κ2) is 53.3. The molecule has 4 heteroatoms. The molecule has 0 bridgehead atoms. The van der Waals surface area contributed by atoms with Crippen molar-refractivity contribution in [1.82, 2.24) is 0 Å². The molecule has 0 aliphatic heterocycles. The monoisotopic (exact) mass is 833 g/mol. The Balaban J connectivity index is 3.33. The van der Waals surface area contributed by atoms with E-state index < -0.39 is 6.10 Å². The Bertz CT molecular complexity index is 796. The van der Waals surface area contributed by atoms with Gasteiger partial charge in [-0.1, -0.05) is 276 Å². The Morgan fingerprint density at radius 3 is 0.966 bits per heavy atom. The number of hydrogen-bond donors (Lipinski definition) is 1. The summed E-state index contributed by atoms with van der Waals surface area (Å²) in [7, 11) is 0. The van der Waals surface area contributed by atoms with Gasteiger partial charge in [-0.25, -0.2) is 0 Å². The third-order valence-corrected chi connectivity index (χ3v) is 12.6. The van der Waals surface area contributed by atoms with Crippen LogP contribution in [0.15, 0.2) is 12.2 Å². The molecule has 1 unspecified atom stereocenters. The summed E-state index contributed by atoms with van der Waals surface area (Å²) in [6.07, 6.45) is 66.1. The highest BCUT2D eigenvalue weighted by Gasteiger charge is 2.13. The first-order valence-corrected chi connectivity index (χ1v) is 27.3. The van der Waals surface area contributed by atoms with E-state index in [2.05, 4.69) is 26.0 Å². The molecular weight excluding hydrogens is 725 g/mol. The number of aliphatic hydroxyl groups is 1. The van der Waals surface area contributed by atoms with Crippen molar-refractivity contribution < 1.29 is 19.4 Å². The van der Waals surface area contributed by atoms with Crippen molar-refractivity contribution in [1.29, 1.82) is 0 Å². The van der Waals surface area contributed by atoms with Crippen LogP contribution in [0.2, 0.25) is 0 Å². The van der Waals surface area contributed by atoms with Crippen LogP contribution in [0.5, 0.6) is 0 Å². The van der Waals surface area contributed by atoms with Crippen molar-refractivity contribution in [3.05, 3.63) is 12.2 Å². The largest absolute Gasteiger partial charge is 0.457 e. The average molecular weight is 833 g/mol. The van der Waals surface area contributed by atoms with Crippen molar-refractivity contribution in [3.63, 3.8) is 0 Å². The summed E-state index contributed by atoms with van der Waals surface area (Å²) in [5.41, 5.74) is 0. The number of hydrogen-bond acceptors (Lipinski definition) is 4. The van der Waals surface area contributed by atoms with Crippen LogP contribution in [0.1, 0.15) is 309 Å². The highest BCUT2D eigenvalue weighted by molar-refractivity contribution is 5.69. The first-order valence-electron chi connectivity index (χ1n) is 27.3. The van der Waals surface area contributed by atoms with Gasteiger partial charge in [-0.3, -0.25) is 4.79 Å². The molecule has 1 N–H and O–H groups in total. The summed E-state index contributed by atoms with van der Waals surface area (Å²) in [6.45, 7) is 5.41. The van der Waals surface area contributed by atoms with E-state index in [9.17, 15) is 9.90 Å². The summed E-state index contributed by atoms with van der Waals surface area (Å²) in [5, 5.41) is 9.66. The topological polar surface area (TPSA) is 55.8 Å². The van der Waals surface area contributed by atoms with Crippen molar-refractivity contribution in [2.24, 2.45) is 0 Å². The second-order valence-electron chi connectivity index (χ2n) is 18.7. The van der Waals surface area contributed by atoms with Crippen LogP contribution in [-0.2, 0) is 14.3 Å². The number of ether oxygens (including phenoxy) is 2. The lowest BCUT2D eigenvalue weighted by Crippen LogP contribution is -2.27. The van der Waals surface area contributed by atoms with Crippen LogP contribution in [0.3, 0.4) is 0 Å². The fraction of sp³-hybridized carbons (Fsp3) is 0.945. The number of carbonyl (C=O) groups excluding carboxylic acids is 1. The Morgan fingerprint density at radius 1 is 0.390 bits per heavy atom. The van der Waals surface area contributed by atoms with Crippen LogP contribution in [-0.4, -0.2) is 37.0 Å². The molecule has 0 aromatic carbocycles. The molecule has 0 radical (unpaired) electrons. The van der Waals surface area contributed by atoms with Crippen molar-refractivity contribution >= 4 is 5.97 Å². The lowest BCUT2D eigenvalue weighted by Gasteiger charge is -2.16. The molecule has 0 aromatic heterocycles. The van der Waals surface area contributed by atoms with E-state index in [0.717, 1.165) is 19.3 Å². The third kappa shape index (κ3) is 51.4. The molecule has 0 saturated heterocycles. The van der Waals surface area contributed by atoms with Crippen LogP contribution in [0, 0.1) is 0 Å². The number of esters is 1. The van der Waals surface area contributed by atoms with Gasteiger partial charge in [0, 0.05) is 13.0 Å². The summed E-state index contributed by atoms with van der Waals surface area (Å²) in [4.78, 5) is 12.3. The SMILES string of the molecule is CCCCCCCCCC/C=C\CCCCCCCCCCCC(=O)OC(CO)COCCCCCCCCCCCCCCCCCCCCCCCCCCCC. The number of carbonyl (C=O) groups is 1. The van der Waals surface area contributed by atoms with E-state index in [1.165, 1.54) is 270 Å². The summed E-state index contributed by atoms with van der Waals surface area (Å²) < 4.78 is 11.2. The Hall–Kier alpha value is -0.870. The fourth-order valence-corrected chi connectivity index (χ4v) is 8.50. The average Bonchev–Trinajstić information content (AvgIpc) is 3.24. The quantitative estimate of drug-likeness (QED) is 0.0377. The minimum Gasteiger partial charge on any atom is -0.457 e. The molecular formula is C55H108O4. The highest BCUT2D eigenvalue weighted by atomic mass is 16.6. The Morgan fingerprint density at radius 2 is 0.661 bits per heavy atom. The predicted molar refractivity (Wildman–Crippen MR) is 261 cm³/mol. The van der Waals surface area contributed by atoms with Gasteiger partial charge in [0.2, 0.25) is 0 Å². The van der Waals surface area contributed by atoms with Crippen LogP contribution < -0.4 is 0 Å². The fourth-order valence-electron chi connectivity index (χ4n) is 8.50. The maximum absolute atomic E-state index is 12.3. The minimum absolute atomic E-state index is 0.166. The first-order chi connectivity index (χ1) is 29.2. The van der Waals surface area contributed by atoms with Gasteiger partial charge in [0.05, 0.1) is 13.2 Å². The van der Waals surface area contributed by atoms with Crippen molar-refractivity contribution in [3.8, 4) is 0 Å². The highest BCUT2D eigenvalue weighted by Crippen LogP contribution is 2.17. The number of rotatable bonds is 52. The molecule has 0 heterocycles. The minimum atomic E-state index is -0.531. The predicted octanol–water partition coefficient (Wildman–Crippen LogP) is 18.4. The van der Waals surface area contributed by atoms with E-state index in [1.54, 1.807) is 0 Å². The van der Waals surface area contributed by atoms with Gasteiger partial charge in [-0.05, 0) is 38.5 Å². The van der Waals surface area contributed by atoms with Crippen molar-refractivity contribution in [2.45, 2.75) is 315 Å². The number of allylic oxidation sites excluding steroid dienone is 2. The molecule has 0 aromatic rings. The summed E-state index contributed by atoms with van der Waals surface area (Å²) in [5.74, 6) is -0.195. The summed E-state index contributed by atoms with van der Waals surface area (Å²) in [6, 6.07) is 0. The number of unbranched alkanes of at least 4 members (excludes halogenated alkanes) is 42. The van der Waals surface area contributed by atoms with Gasteiger partial charge in [0.15, 0.2) is 0 Å². The van der Waals surface area contributed by atoms with E-state index >= 15 is 0 Å². The smallest absolute Gasteiger partial charge is 0.306 e. The normalized spacial score (nSPS) is 12.3. The van der Waals surface area contributed by atoms with Crippen LogP contribution in [0.4, 0.5) is 0 Å².